The van der Waals surface area contributed by atoms with E-state index in [4.69, 9.17) is 23.7 Å². The number of benzene rings is 2. The maximum Gasteiger partial charge on any atom is 0.244 e. The molecule has 8 rings (SSSR count). The number of rotatable bonds is 36. The largest absolute Gasteiger partial charge is 0.487 e. The summed E-state index contributed by atoms with van der Waals surface area (Å²) in [7, 11) is 0. The predicted octanol–water partition coefficient (Wildman–Crippen LogP) is 25.3. The van der Waals surface area contributed by atoms with Crippen LogP contribution in [0, 0.1) is 86.4 Å². The van der Waals surface area contributed by atoms with Crippen molar-refractivity contribution in [3.63, 3.8) is 0 Å². The first-order chi connectivity index (χ1) is 43.9. The Hall–Kier alpha value is -2.99. The molecule has 1 aliphatic carbocycles. The minimum atomic E-state index is -1.21. The summed E-state index contributed by atoms with van der Waals surface area (Å²) < 4.78 is 39.0. The van der Waals surface area contributed by atoms with E-state index in [1.807, 2.05) is 0 Å². The standard InChI is InChI=1S/C87H144O6/c1-58(2)31-22-34-61(7)37-25-40-64(10)43-28-49-82(19)52-46-73-74-48-54-86(91-79(74)69(15)67(13)77(73)89-82)81(88)71(17)72(18)87-85(86,56-55-84(21,93-87)51-30-45-66(12)42-27-39-63(9)36-24-33-60(5)6)57-76-75-47-53-83(20,90-78(75)68(14)70(16)80(76)92-87)50-29-44-65(11)41-26-38-62(8)35-23-32-59(3)4/h58-66H,22-57H2,1-21H3/t61-,62-,63-,64-,65-,66-,82-,83-,84-,85-,86-,87-/m1/s1. The number of Topliss-reactive ketones (excluding diaryl/α,β-unsaturated/α-hetero) is 1. The highest BCUT2D eigenvalue weighted by Crippen LogP contribution is 2.69. The predicted molar refractivity (Wildman–Crippen MR) is 394 cm³/mol. The third-order valence-corrected chi connectivity index (χ3v) is 26.0. The van der Waals surface area contributed by atoms with Gasteiger partial charge in [-0.15, -0.1) is 0 Å². The Morgan fingerprint density at radius 1 is 0.344 bits per heavy atom. The van der Waals surface area contributed by atoms with Gasteiger partial charge in [0, 0.05) is 33.4 Å². The van der Waals surface area contributed by atoms with Crippen LogP contribution in [0.25, 0.3) is 0 Å². The third-order valence-electron chi connectivity index (χ3n) is 26.0. The molecule has 93 heavy (non-hydrogen) atoms. The number of ketones is 1. The molecule has 12 atom stereocenters. The second-order valence-corrected chi connectivity index (χ2v) is 35.9. The molecule has 1 saturated heterocycles. The molecule has 5 aliphatic heterocycles. The fourth-order valence-electron chi connectivity index (χ4n) is 19.0. The monoisotopic (exact) mass is 1290 g/mol. The highest BCUT2D eigenvalue weighted by molar-refractivity contribution is 6.05. The average molecular weight is 1290 g/mol. The molecule has 6 heteroatoms. The molecule has 0 N–H and O–H groups in total. The third kappa shape index (κ3) is 17.5. The van der Waals surface area contributed by atoms with E-state index in [0.29, 0.717) is 18.8 Å². The van der Waals surface area contributed by atoms with Crippen molar-refractivity contribution >= 4 is 5.78 Å². The normalized spacial score (nSPS) is 27.7. The first kappa shape index (κ1) is 75.8. The van der Waals surface area contributed by atoms with Crippen molar-refractivity contribution in [1.82, 2.24) is 0 Å². The molecule has 0 unspecified atom stereocenters. The molecular weight excluding hydrogens is 1140 g/mol. The lowest BCUT2D eigenvalue weighted by molar-refractivity contribution is -0.350. The van der Waals surface area contributed by atoms with Gasteiger partial charge in [0.15, 0.2) is 5.60 Å². The van der Waals surface area contributed by atoms with E-state index < -0.39 is 22.4 Å². The maximum atomic E-state index is 16.3. The van der Waals surface area contributed by atoms with Gasteiger partial charge in [0.25, 0.3) is 0 Å². The van der Waals surface area contributed by atoms with Crippen LogP contribution in [0.3, 0.4) is 0 Å². The zero-order valence-corrected chi connectivity index (χ0v) is 64.6. The summed E-state index contributed by atoms with van der Waals surface area (Å²) >= 11 is 0. The lowest BCUT2D eigenvalue weighted by Gasteiger charge is -2.67. The Kier molecular flexibility index (Phi) is 26.4. The lowest BCUT2D eigenvalue weighted by atomic mass is 9.48. The summed E-state index contributed by atoms with van der Waals surface area (Å²) in [6, 6.07) is 0. The Morgan fingerprint density at radius 2 is 0.656 bits per heavy atom. The average Bonchev–Trinajstić information content (AvgIpc) is 0.656. The smallest absolute Gasteiger partial charge is 0.244 e. The fraction of sp³-hybridized carbons (Fsp3) is 0.828. The molecule has 528 valence electrons. The van der Waals surface area contributed by atoms with E-state index in [1.165, 1.54) is 175 Å². The second kappa shape index (κ2) is 32.3. The van der Waals surface area contributed by atoms with Crippen LogP contribution in [0.2, 0.25) is 0 Å². The van der Waals surface area contributed by atoms with Crippen LogP contribution in [0.4, 0.5) is 0 Å². The van der Waals surface area contributed by atoms with Crippen molar-refractivity contribution in [1.29, 1.82) is 0 Å². The van der Waals surface area contributed by atoms with Gasteiger partial charge in [0.2, 0.25) is 11.6 Å². The summed E-state index contributed by atoms with van der Waals surface area (Å²) in [6.45, 7) is 49.4. The van der Waals surface area contributed by atoms with Gasteiger partial charge in [-0.1, -0.05) is 224 Å². The molecule has 0 bridgehead atoms. The number of ether oxygens (including phenoxy) is 5. The molecule has 5 heterocycles. The van der Waals surface area contributed by atoms with Crippen LogP contribution in [0.15, 0.2) is 11.1 Å². The number of fused-ring (bicyclic) bond motifs is 6. The Labute approximate surface area is 573 Å². The minimum Gasteiger partial charge on any atom is -0.487 e. The van der Waals surface area contributed by atoms with Crippen molar-refractivity contribution in [2.75, 3.05) is 0 Å². The Morgan fingerprint density at radius 3 is 1.03 bits per heavy atom. The molecule has 1 fully saturated rings. The molecule has 2 aromatic rings. The molecular formula is C87H144O6. The van der Waals surface area contributed by atoms with Gasteiger partial charge in [-0.3, -0.25) is 4.79 Å². The van der Waals surface area contributed by atoms with Crippen LogP contribution in [0.1, 0.15) is 368 Å². The van der Waals surface area contributed by atoms with Crippen molar-refractivity contribution in [2.24, 2.45) is 58.7 Å². The van der Waals surface area contributed by atoms with E-state index >= 15 is 4.79 Å². The first-order valence-corrected chi connectivity index (χ1v) is 39.9. The first-order valence-electron chi connectivity index (χ1n) is 39.9. The molecule has 0 amide bonds. The van der Waals surface area contributed by atoms with Gasteiger partial charge in [0.05, 0.1) is 11.0 Å². The van der Waals surface area contributed by atoms with E-state index in [0.717, 1.165) is 169 Å². The SMILES string of the molecule is CC1=C(C)[C@]23Oc4c(C)c(C)c5c(c4C[C@]2(CC[C@@](C)(CCC[C@H](C)CCC[C@H](C)CCCC(C)C)O3)[C@@]2(CCc3c4c(c(C)c(C)c3O2)O[C@](C)(CCC[C@H](C)CCC[C@H](C)CCCC(C)C)CC4)C1=O)CC[C@@](C)(CCC[C@H](C)CCC[C@H](C)CCCC(C)C)O5. The number of hydrogen-bond donors (Lipinski definition) is 0. The minimum absolute atomic E-state index is 0.125. The van der Waals surface area contributed by atoms with Gasteiger partial charge < -0.3 is 23.7 Å². The van der Waals surface area contributed by atoms with E-state index in [9.17, 15) is 0 Å². The molecule has 0 saturated carbocycles. The van der Waals surface area contributed by atoms with Crippen molar-refractivity contribution in [3.8, 4) is 23.0 Å². The summed E-state index contributed by atoms with van der Waals surface area (Å²) in [5, 5.41) is 0. The van der Waals surface area contributed by atoms with Gasteiger partial charge in [-0.05, 0) is 228 Å². The second-order valence-electron chi connectivity index (χ2n) is 35.9. The summed E-state index contributed by atoms with van der Waals surface area (Å²) in [5.74, 6) is 9.95. The van der Waals surface area contributed by atoms with E-state index in [-0.39, 0.29) is 17.0 Å². The zero-order valence-electron chi connectivity index (χ0n) is 64.6. The van der Waals surface area contributed by atoms with Gasteiger partial charge >= 0.3 is 0 Å². The van der Waals surface area contributed by atoms with Gasteiger partial charge in [0.1, 0.15) is 34.2 Å². The van der Waals surface area contributed by atoms with Crippen molar-refractivity contribution in [2.45, 2.75) is 405 Å². The summed E-state index contributed by atoms with van der Waals surface area (Å²) in [4.78, 5) is 16.3. The Bertz CT molecular complexity index is 2820. The van der Waals surface area contributed by atoms with Crippen LogP contribution < -0.4 is 18.9 Å². The molecule has 2 aromatic carbocycles. The quantitative estimate of drug-likeness (QED) is 0.0677. The topological polar surface area (TPSA) is 63.2 Å². The molecule has 0 aromatic heterocycles. The van der Waals surface area contributed by atoms with Gasteiger partial charge in [-0.25, -0.2) is 0 Å². The van der Waals surface area contributed by atoms with Crippen LogP contribution in [-0.4, -0.2) is 34.0 Å². The van der Waals surface area contributed by atoms with Crippen LogP contribution in [0.5, 0.6) is 23.0 Å². The summed E-state index contributed by atoms with van der Waals surface area (Å²) in [5.41, 5.74) is 8.40. The number of carbonyl (C=O) groups excluding carboxylic acids is 1. The van der Waals surface area contributed by atoms with E-state index in [2.05, 4.69) is 145 Å². The van der Waals surface area contributed by atoms with Crippen molar-refractivity contribution in [3.05, 3.63) is 55.7 Å². The van der Waals surface area contributed by atoms with Crippen LogP contribution >= 0.6 is 0 Å². The molecule has 6 nitrogen and oxygen atoms in total. The van der Waals surface area contributed by atoms with Crippen molar-refractivity contribution < 1.29 is 28.5 Å². The number of carbonyl (C=O) groups is 1. The highest BCUT2D eigenvalue weighted by atomic mass is 16.7. The number of hydrogen-bond acceptors (Lipinski definition) is 6. The molecule has 6 aliphatic rings. The van der Waals surface area contributed by atoms with Gasteiger partial charge in [-0.2, -0.15) is 0 Å². The summed E-state index contributed by atoms with van der Waals surface area (Å²) in [6.07, 6.45) is 42.0. The highest BCUT2D eigenvalue weighted by Gasteiger charge is 2.78. The fourth-order valence-corrected chi connectivity index (χ4v) is 19.0. The van der Waals surface area contributed by atoms with E-state index in [1.54, 1.807) is 0 Å². The maximum absolute atomic E-state index is 16.3. The molecule has 0 radical (unpaired) electrons. The van der Waals surface area contributed by atoms with Crippen LogP contribution in [-0.2, 0) is 35.2 Å². The lowest BCUT2D eigenvalue weighted by Crippen LogP contribution is -2.79. The Balaban J connectivity index is 1.04. The zero-order chi connectivity index (χ0) is 67.8. The molecule has 1 spiro atoms.